The molecule has 1 aromatic rings. The quantitative estimate of drug-likeness (QED) is 0.853. The highest BCUT2D eigenvalue weighted by Crippen LogP contribution is 2.34. The fraction of sp³-hybridized carbons (Fsp3) is 0.538. The Bertz CT molecular complexity index is 596. The minimum atomic E-state index is -3.16. The monoisotopic (exact) mass is 335 g/mol. The van der Waals surface area contributed by atoms with Crippen molar-refractivity contribution in [1.29, 1.82) is 0 Å². The molecule has 2 aliphatic rings. The van der Waals surface area contributed by atoms with E-state index in [4.69, 9.17) is 27.9 Å². The summed E-state index contributed by atoms with van der Waals surface area (Å²) in [6, 6.07) is 5.19. The maximum Gasteiger partial charge on any atom is 0.217 e. The highest BCUT2D eigenvalue weighted by molar-refractivity contribution is 7.90. The van der Waals surface area contributed by atoms with E-state index < -0.39 is 10.0 Å². The highest BCUT2D eigenvalue weighted by Gasteiger charge is 2.42. The van der Waals surface area contributed by atoms with E-state index in [1.165, 1.54) is 4.31 Å². The second-order valence-electron chi connectivity index (χ2n) is 5.16. The van der Waals surface area contributed by atoms with Crippen LogP contribution in [0.25, 0.3) is 0 Å². The summed E-state index contributed by atoms with van der Waals surface area (Å²) in [5.41, 5.74) is 0.818. The topological polar surface area (TPSA) is 46.6 Å². The van der Waals surface area contributed by atoms with Gasteiger partial charge in [-0.3, -0.25) is 0 Å². The minimum Gasteiger partial charge on any atom is -0.371 e. The molecule has 3 rings (SSSR count). The smallest absolute Gasteiger partial charge is 0.217 e. The molecule has 2 fully saturated rings. The van der Waals surface area contributed by atoms with Crippen LogP contribution >= 0.6 is 23.2 Å². The highest BCUT2D eigenvalue weighted by atomic mass is 35.5. The van der Waals surface area contributed by atoms with Gasteiger partial charge < -0.3 is 4.74 Å². The summed E-state index contributed by atoms with van der Waals surface area (Å²) >= 11 is 12.0. The summed E-state index contributed by atoms with van der Waals surface area (Å²) < 4.78 is 31.8. The van der Waals surface area contributed by atoms with Crippen LogP contribution in [0.15, 0.2) is 18.2 Å². The van der Waals surface area contributed by atoms with Gasteiger partial charge in [0.15, 0.2) is 0 Å². The lowest BCUT2D eigenvalue weighted by molar-refractivity contribution is -0.00259. The molecule has 0 aromatic heterocycles. The van der Waals surface area contributed by atoms with Crippen LogP contribution in [-0.2, 0) is 14.8 Å². The van der Waals surface area contributed by atoms with Gasteiger partial charge >= 0.3 is 0 Å². The molecule has 0 spiro atoms. The number of halogens is 2. The van der Waals surface area contributed by atoms with Crippen molar-refractivity contribution < 1.29 is 13.2 Å². The SMILES string of the molecule is O=S(=O)(C1CC1)N1CCO[C@@H](c2cc(Cl)cc(Cl)c2)C1. The van der Waals surface area contributed by atoms with Gasteiger partial charge in [0, 0.05) is 23.1 Å². The lowest BCUT2D eigenvalue weighted by atomic mass is 10.1. The normalized spacial score (nSPS) is 24.8. The van der Waals surface area contributed by atoms with Crippen molar-refractivity contribution in [2.24, 2.45) is 0 Å². The van der Waals surface area contributed by atoms with Crippen LogP contribution in [0.2, 0.25) is 10.0 Å². The Hall–Kier alpha value is -0.330. The van der Waals surface area contributed by atoms with Crippen LogP contribution < -0.4 is 0 Å². The lowest BCUT2D eigenvalue weighted by Crippen LogP contribution is -2.43. The number of hydrogen-bond donors (Lipinski definition) is 0. The fourth-order valence-corrected chi connectivity index (χ4v) is 4.76. The summed E-state index contributed by atoms with van der Waals surface area (Å²) in [5, 5.41) is 0.862. The Balaban J connectivity index is 1.81. The molecule has 1 aromatic carbocycles. The minimum absolute atomic E-state index is 0.191. The Morgan fingerprint density at radius 2 is 1.80 bits per heavy atom. The molecule has 4 nitrogen and oxygen atoms in total. The van der Waals surface area contributed by atoms with Gasteiger partial charge in [0.25, 0.3) is 0 Å². The first-order chi connectivity index (χ1) is 9.46. The van der Waals surface area contributed by atoms with Gasteiger partial charge in [-0.2, -0.15) is 4.31 Å². The average Bonchev–Trinajstić information content (AvgIpc) is 3.22. The van der Waals surface area contributed by atoms with Crippen molar-refractivity contribution >= 4 is 33.2 Å². The van der Waals surface area contributed by atoms with Crippen LogP contribution in [0.4, 0.5) is 0 Å². The third-order valence-electron chi connectivity index (χ3n) is 3.59. The van der Waals surface area contributed by atoms with Crippen molar-refractivity contribution in [3.05, 3.63) is 33.8 Å². The third-order valence-corrected chi connectivity index (χ3v) is 6.39. The standard InChI is InChI=1S/C13H15Cl2NO3S/c14-10-5-9(6-11(15)7-10)13-8-16(3-4-19-13)20(17,18)12-1-2-12/h5-7,12-13H,1-4,8H2/t13-/m1/s1. The molecule has 0 radical (unpaired) electrons. The van der Waals surface area contributed by atoms with Crippen LogP contribution in [0, 0.1) is 0 Å². The van der Waals surface area contributed by atoms with Crippen molar-refractivity contribution in [2.45, 2.75) is 24.2 Å². The van der Waals surface area contributed by atoms with Crippen LogP contribution in [0.1, 0.15) is 24.5 Å². The molecule has 20 heavy (non-hydrogen) atoms. The zero-order chi connectivity index (χ0) is 14.3. The maximum atomic E-state index is 12.3. The van der Waals surface area contributed by atoms with Gasteiger partial charge in [-0.1, -0.05) is 23.2 Å². The predicted octanol–water partition coefficient (Wildman–Crippen LogP) is 2.86. The van der Waals surface area contributed by atoms with Gasteiger partial charge in [0.05, 0.1) is 18.0 Å². The number of sulfonamides is 1. The Morgan fingerprint density at radius 1 is 1.15 bits per heavy atom. The third kappa shape index (κ3) is 2.97. The van der Waals surface area contributed by atoms with E-state index in [1.807, 2.05) is 0 Å². The number of hydrogen-bond acceptors (Lipinski definition) is 3. The van der Waals surface area contributed by atoms with E-state index in [-0.39, 0.29) is 11.4 Å². The molecule has 0 N–H and O–H groups in total. The second kappa shape index (κ2) is 5.46. The van der Waals surface area contributed by atoms with Gasteiger partial charge in [0.2, 0.25) is 10.0 Å². The zero-order valence-corrected chi connectivity index (χ0v) is 13.1. The second-order valence-corrected chi connectivity index (χ2v) is 8.25. The largest absolute Gasteiger partial charge is 0.371 e. The van der Waals surface area contributed by atoms with Crippen molar-refractivity contribution in [3.63, 3.8) is 0 Å². The molecule has 0 unspecified atom stereocenters. The number of ether oxygens (including phenoxy) is 1. The first-order valence-electron chi connectivity index (χ1n) is 6.53. The molecule has 7 heteroatoms. The van der Waals surface area contributed by atoms with Crippen molar-refractivity contribution in [2.75, 3.05) is 19.7 Å². The van der Waals surface area contributed by atoms with Crippen molar-refractivity contribution in [3.8, 4) is 0 Å². The Morgan fingerprint density at radius 3 is 2.40 bits per heavy atom. The van der Waals surface area contributed by atoms with E-state index in [0.717, 1.165) is 18.4 Å². The number of morpholine rings is 1. The molecule has 110 valence electrons. The summed E-state index contributed by atoms with van der Waals surface area (Å²) in [4.78, 5) is 0. The first-order valence-corrected chi connectivity index (χ1v) is 8.79. The summed E-state index contributed by atoms with van der Waals surface area (Å²) in [6.45, 7) is 1.14. The van der Waals surface area contributed by atoms with Gasteiger partial charge in [0.1, 0.15) is 0 Å². The van der Waals surface area contributed by atoms with Crippen LogP contribution in [-0.4, -0.2) is 37.7 Å². The van der Waals surface area contributed by atoms with Gasteiger partial charge in [-0.15, -0.1) is 0 Å². The van der Waals surface area contributed by atoms with Gasteiger partial charge in [-0.25, -0.2) is 8.42 Å². The Kier molecular flexibility index (Phi) is 3.99. The van der Waals surface area contributed by atoms with Crippen LogP contribution in [0.3, 0.4) is 0 Å². The summed E-state index contributed by atoms with van der Waals surface area (Å²) in [6.07, 6.45) is 1.23. The van der Waals surface area contributed by atoms with E-state index >= 15 is 0 Å². The number of nitrogens with zero attached hydrogens (tertiary/aromatic N) is 1. The average molecular weight is 336 g/mol. The molecule has 1 saturated heterocycles. The van der Waals surface area contributed by atoms with Crippen molar-refractivity contribution in [1.82, 2.24) is 4.31 Å². The molecule has 0 amide bonds. The van der Waals surface area contributed by atoms with E-state index in [1.54, 1.807) is 18.2 Å². The number of rotatable bonds is 3. The maximum absolute atomic E-state index is 12.3. The number of benzene rings is 1. The first kappa shape index (κ1) is 14.6. The molecule has 1 aliphatic heterocycles. The lowest BCUT2D eigenvalue weighted by Gasteiger charge is -2.32. The zero-order valence-electron chi connectivity index (χ0n) is 10.8. The molecule has 1 atom stereocenters. The summed E-state index contributed by atoms with van der Waals surface area (Å²) in [7, 11) is -3.16. The molecular formula is C13H15Cl2NO3S. The van der Waals surface area contributed by atoms with Gasteiger partial charge in [-0.05, 0) is 36.6 Å². The molecule has 1 aliphatic carbocycles. The van der Waals surface area contributed by atoms with E-state index in [9.17, 15) is 8.42 Å². The summed E-state index contributed by atoms with van der Waals surface area (Å²) in [5.74, 6) is 0. The predicted molar refractivity (Wildman–Crippen MR) is 78.7 cm³/mol. The molecule has 0 bridgehead atoms. The van der Waals surface area contributed by atoms with E-state index in [0.29, 0.717) is 29.7 Å². The molecule has 1 heterocycles. The molecule has 1 saturated carbocycles. The Labute approximate surface area is 128 Å². The van der Waals surface area contributed by atoms with Crippen LogP contribution in [0.5, 0.6) is 0 Å². The molecular weight excluding hydrogens is 321 g/mol. The van der Waals surface area contributed by atoms with E-state index in [2.05, 4.69) is 0 Å². The fourth-order valence-electron chi connectivity index (χ4n) is 2.40.